The van der Waals surface area contributed by atoms with Gasteiger partial charge in [0.2, 0.25) is 5.91 Å². The number of amides is 2. The summed E-state index contributed by atoms with van der Waals surface area (Å²) in [7, 11) is 0. The highest BCUT2D eigenvalue weighted by molar-refractivity contribution is 5.96. The first kappa shape index (κ1) is 26.0. The zero-order chi connectivity index (χ0) is 25.9. The molecule has 0 aliphatic rings. The van der Waals surface area contributed by atoms with Crippen molar-refractivity contribution < 1.29 is 9.59 Å². The smallest absolute Gasteiger partial charge is 0.254 e. The van der Waals surface area contributed by atoms with Crippen LogP contribution in [0.3, 0.4) is 0 Å². The van der Waals surface area contributed by atoms with Crippen molar-refractivity contribution in [3.05, 3.63) is 132 Å². The molecule has 0 aliphatic carbocycles. The fourth-order valence-corrected chi connectivity index (χ4v) is 4.39. The highest BCUT2D eigenvalue weighted by atomic mass is 16.2. The van der Waals surface area contributed by atoms with Gasteiger partial charge in [-0.25, -0.2) is 0 Å². The molecule has 0 unspecified atom stereocenters. The molecule has 0 saturated heterocycles. The summed E-state index contributed by atoms with van der Waals surface area (Å²) in [4.78, 5) is 30.6. The van der Waals surface area contributed by atoms with Crippen LogP contribution < -0.4 is 0 Å². The highest BCUT2D eigenvalue weighted by Gasteiger charge is 2.23. The van der Waals surface area contributed by atoms with Gasteiger partial charge in [0.25, 0.3) is 5.91 Å². The summed E-state index contributed by atoms with van der Waals surface area (Å²) in [5.74, 6) is -0.161. The number of hydrogen-bond acceptors (Lipinski definition) is 2. The van der Waals surface area contributed by atoms with Crippen LogP contribution in [0.1, 0.15) is 46.9 Å². The van der Waals surface area contributed by atoms with E-state index in [0.717, 1.165) is 30.6 Å². The van der Waals surface area contributed by atoms with E-state index in [1.165, 1.54) is 5.56 Å². The lowest BCUT2D eigenvalue weighted by atomic mass is 10.1. The van der Waals surface area contributed by atoms with Crippen LogP contribution in [0.5, 0.6) is 0 Å². The molecule has 0 N–H and O–H groups in total. The van der Waals surface area contributed by atoms with Gasteiger partial charge in [0, 0.05) is 37.1 Å². The van der Waals surface area contributed by atoms with Gasteiger partial charge in [-0.05, 0) is 41.8 Å². The Morgan fingerprint density at radius 2 is 1.32 bits per heavy atom. The second-order valence-corrected chi connectivity index (χ2v) is 9.29. The van der Waals surface area contributed by atoms with E-state index < -0.39 is 0 Å². The van der Waals surface area contributed by atoms with Gasteiger partial charge in [-0.3, -0.25) is 9.59 Å². The van der Waals surface area contributed by atoms with Gasteiger partial charge < -0.3 is 14.4 Å². The second kappa shape index (κ2) is 13.3. The van der Waals surface area contributed by atoms with Gasteiger partial charge in [-0.1, -0.05) is 92.2 Å². The molecule has 4 aromatic rings. The van der Waals surface area contributed by atoms with Crippen molar-refractivity contribution in [2.24, 2.45) is 0 Å². The van der Waals surface area contributed by atoms with E-state index in [2.05, 4.69) is 35.9 Å². The molecule has 37 heavy (non-hydrogen) atoms. The Balaban J connectivity index is 1.55. The first-order valence-corrected chi connectivity index (χ1v) is 13.0. The molecule has 2 amide bonds. The van der Waals surface area contributed by atoms with Crippen molar-refractivity contribution >= 4 is 11.8 Å². The van der Waals surface area contributed by atoms with Crippen LogP contribution in [0.15, 0.2) is 109 Å². The van der Waals surface area contributed by atoms with E-state index in [1.54, 1.807) is 4.90 Å². The maximum absolute atomic E-state index is 13.8. The van der Waals surface area contributed by atoms with Crippen molar-refractivity contribution in [1.29, 1.82) is 0 Å². The topological polar surface area (TPSA) is 45.6 Å². The van der Waals surface area contributed by atoms with Crippen LogP contribution in [0.4, 0.5) is 0 Å². The van der Waals surface area contributed by atoms with Crippen LogP contribution in [-0.4, -0.2) is 39.3 Å². The van der Waals surface area contributed by atoms with Crippen molar-refractivity contribution in [2.75, 3.05) is 13.1 Å². The lowest BCUT2D eigenvalue weighted by molar-refractivity contribution is -0.133. The minimum atomic E-state index is -0.102. The molecule has 0 saturated carbocycles. The average molecular weight is 494 g/mol. The summed E-state index contributed by atoms with van der Waals surface area (Å²) in [6.45, 7) is 4.40. The molecule has 5 heteroatoms. The summed E-state index contributed by atoms with van der Waals surface area (Å²) in [6.07, 6.45) is 3.86. The molecule has 4 rings (SSSR count). The number of unbranched alkanes of at least 4 members (excludes halogenated alkanes) is 1. The van der Waals surface area contributed by atoms with Gasteiger partial charge in [0.05, 0.1) is 6.54 Å². The minimum Gasteiger partial charge on any atom is -0.345 e. The van der Waals surface area contributed by atoms with Gasteiger partial charge in [0.1, 0.15) is 6.54 Å². The summed E-state index contributed by atoms with van der Waals surface area (Å²) < 4.78 is 2.19. The lowest BCUT2D eigenvalue weighted by Gasteiger charge is -2.28. The molecule has 1 aromatic heterocycles. The number of benzene rings is 3. The SMILES string of the molecule is CCCCN(CC(=O)N(Cc1ccccc1)Cc1cccn1Cc1ccccc1)C(=O)c1ccccc1. The molecule has 190 valence electrons. The van der Waals surface area contributed by atoms with Crippen molar-refractivity contribution in [3.8, 4) is 0 Å². The number of rotatable bonds is 12. The number of aromatic nitrogens is 1. The largest absolute Gasteiger partial charge is 0.345 e. The van der Waals surface area contributed by atoms with E-state index in [4.69, 9.17) is 0 Å². The Bertz CT molecular complexity index is 1250. The number of carbonyl (C=O) groups excluding carboxylic acids is 2. The van der Waals surface area contributed by atoms with Crippen LogP contribution in [-0.2, 0) is 24.4 Å². The lowest BCUT2D eigenvalue weighted by Crippen LogP contribution is -2.43. The van der Waals surface area contributed by atoms with Crippen molar-refractivity contribution in [1.82, 2.24) is 14.4 Å². The summed E-state index contributed by atoms with van der Waals surface area (Å²) >= 11 is 0. The molecule has 0 bridgehead atoms. The maximum atomic E-state index is 13.8. The van der Waals surface area contributed by atoms with E-state index in [1.807, 2.05) is 89.8 Å². The summed E-state index contributed by atoms with van der Waals surface area (Å²) in [5, 5.41) is 0. The molecule has 0 spiro atoms. The Morgan fingerprint density at radius 1 is 0.703 bits per heavy atom. The normalized spacial score (nSPS) is 10.7. The predicted molar refractivity (Wildman–Crippen MR) is 148 cm³/mol. The fourth-order valence-electron chi connectivity index (χ4n) is 4.39. The van der Waals surface area contributed by atoms with E-state index in [0.29, 0.717) is 25.2 Å². The molecular weight excluding hydrogens is 458 g/mol. The Labute approximate surface area is 220 Å². The third-order valence-electron chi connectivity index (χ3n) is 6.46. The molecule has 1 heterocycles. The minimum absolute atomic E-state index is 0.0555. The molecule has 0 aliphatic heterocycles. The summed E-state index contributed by atoms with van der Waals surface area (Å²) in [6, 6.07) is 33.7. The van der Waals surface area contributed by atoms with E-state index in [-0.39, 0.29) is 18.4 Å². The zero-order valence-corrected chi connectivity index (χ0v) is 21.5. The van der Waals surface area contributed by atoms with Gasteiger partial charge >= 0.3 is 0 Å². The van der Waals surface area contributed by atoms with Gasteiger partial charge in [-0.15, -0.1) is 0 Å². The fraction of sp³-hybridized carbons (Fsp3) is 0.250. The molecule has 0 fully saturated rings. The first-order valence-electron chi connectivity index (χ1n) is 13.0. The quantitative estimate of drug-likeness (QED) is 0.243. The first-order chi connectivity index (χ1) is 18.1. The van der Waals surface area contributed by atoms with Gasteiger partial charge in [-0.2, -0.15) is 0 Å². The second-order valence-electron chi connectivity index (χ2n) is 9.29. The Kier molecular flexibility index (Phi) is 9.30. The Morgan fingerprint density at radius 3 is 1.97 bits per heavy atom. The van der Waals surface area contributed by atoms with Crippen LogP contribution in [0.2, 0.25) is 0 Å². The third-order valence-corrected chi connectivity index (χ3v) is 6.46. The van der Waals surface area contributed by atoms with E-state index in [9.17, 15) is 9.59 Å². The van der Waals surface area contributed by atoms with Gasteiger partial charge in [0.15, 0.2) is 0 Å². The average Bonchev–Trinajstić information content (AvgIpc) is 3.38. The third kappa shape index (κ3) is 7.43. The van der Waals surface area contributed by atoms with Crippen LogP contribution in [0.25, 0.3) is 0 Å². The maximum Gasteiger partial charge on any atom is 0.254 e. The highest BCUT2D eigenvalue weighted by Crippen LogP contribution is 2.15. The van der Waals surface area contributed by atoms with E-state index >= 15 is 0 Å². The monoisotopic (exact) mass is 493 g/mol. The zero-order valence-electron chi connectivity index (χ0n) is 21.5. The Hall–Kier alpha value is -4.12. The molecule has 0 radical (unpaired) electrons. The molecule has 5 nitrogen and oxygen atoms in total. The number of nitrogens with zero attached hydrogens (tertiary/aromatic N) is 3. The predicted octanol–water partition coefficient (Wildman–Crippen LogP) is 6.01. The standard InChI is InChI=1S/C32H35N3O2/c1-2-3-21-34(32(37)29-18-11-6-12-19-29)26-31(36)35(24-28-16-9-5-10-17-28)25-30-20-13-22-33(30)23-27-14-7-4-8-15-27/h4-20,22H,2-3,21,23-26H2,1H3. The number of carbonyl (C=O) groups is 2. The van der Waals surface area contributed by atoms with Crippen LogP contribution in [0, 0.1) is 0 Å². The van der Waals surface area contributed by atoms with Crippen LogP contribution >= 0.6 is 0 Å². The summed E-state index contributed by atoms with van der Waals surface area (Å²) in [5.41, 5.74) is 3.94. The molecular formula is C32H35N3O2. The molecule has 0 atom stereocenters. The van der Waals surface area contributed by atoms with Crippen molar-refractivity contribution in [2.45, 2.75) is 39.4 Å². The number of hydrogen-bond donors (Lipinski definition) is 0. The molecule has 3 aromatic carbocycles. The van der Waals surface area contributed by atoms with Crippen molar-refractivity contribution in [3.63, 3.8) is 0 Å².